The van der Waals surface area contributed by atoms with E-state index in [1.165, 1.54) is 10.4 Å². The molecule has 4 heterocycles. The van der Waals surface area contributed by atoms with Crippen LogP contribution in [0.2, 0.25) is 0 Å². The van der Waals surface area contributed by atoms with E-state index in [9.17, 15) is 4.79 Å². The first-order valence-corrected chi connectivity index (χ1v) is 9.54. The summed E-state index contributed by atoms with van der Waals surface area (Å²) in [5.74, 6) is -0.0202. The lowest BCUT2D eigenvalue weighted by Crippen LogP contribution is -2.44. The number of amides is 1. The van der Waals surface area contributed by atoms with Crippen LogP contribution in [0, 0.1) is 6.92 Å². The number of carbonyl (C=O) groups excluding carboxylic acids is 1. The number of pyridine rings is 1. The molecule has 0 bridgehead atoms. The van der Waals surface area contributed by atoms with Crippen molar-refractivity contribution in [1.29, 1.82) is 0 Å². The van der Waals surface area contributed by atoms with Crippen molar-refractivity contribution in [3.05, 3.63) is 69.9 Å². The average molecular weight is 367 g/mol. The van der Waals surface area contributed by atoms with Gasteiger partial charge in [-0.05, 0) is 42.1 Å². The van der Waals surface area contributed by atoms with Gasteiger partial charge in [0, 0.05) is 36.9 Å². The number of nitrogens with zero attached hydrogens (tertiary/aromatic N) is 4. The highest BCUT2D eigenvalue weighted by atomic mass is 32.1. The second-order valence-corrected chi connectivity index (χ2v) is 7.52. The van der Waals surface area contributed by atoms with Gasteiger partial charge in [-0.3, -0.25) is 19.4 Å². The Morgan fingerprint density at radius 1 is 1.31 bits per heavy atom. The molecule has 6 nitrogen and oxygen atoms in total. The van der Waals surface area contributed by atoms with Crippen molar-refractivity contribution in [1.82, 2.24) is 25.0 Å². The highest BCUT2D eigenvalue weighted by molar-refractivity contribution is 7.10. The van der Waals surface area contributed by atoms with Gasteiger partial charge in [0.05, 0.1) is 17.9 Å². The number of aromatic nitrogens is 3. The minimum absolute atomic E-state index is 0.0202. The van der Waals surface area contributed by atoms with Crippen molar-refractivity contribution in [3.8, 4) is 0 Å². The van der Waals surface area contributed by atoms with E-state index in [1.807, 2.05) is 28.9 Å². The second kappa shape index (κ2) is 7.39. The smallest absolute Gasteiger partial charge is 0.246 e. The van der Waals surface area contributed by atoms with Crippen LogP contribution in [0.1, 0.15) is 27.9 Å². The van der Waals surface area contributed by atoms with Gasteiger partial charge in [-0.2, -0.15) is 5.10 Å². The molecule has 3 aromatic rings. The van der Waals surface area contributed by atoms with Crippen LogP contribution in [0.25, 0.3) is 0 Å². The summed E-state index contributed by atoms with van der Waals surface area (Å²) in [6.07, 6.45) is 3.51. The molecular formula is C19H21N5OS. The molecule has 1 N–H and O–H groups in total. The molecule has 7 heteroatoms. The van der Waals surface area contributed by atoms with E-state index in [0.29, 0.717) is 13.1 Å². The Labute approximate surface area is 156 Å². The van der Waals surface area contributed by atoms with E-state index in [0.717, 1.165) is 24.5 Å². The average Bonchev–Trinajstić information content (AvgIpc) is 3.29. The number of carbonyl (C=O) groups is 1. The number of hydrogen-bond donors (Lipinski definition) is 1. The largest absolute Gasteiger partial charge is 0.349 e. The normalized spacial score (nSPS) is 17.0. The van der Waals surface area contributed by atoms with Crippen LogP contribution in [0.5, 0.6) is 0 Å². The molecule has 4 rings (SSSR count). The molecule has 0 radical (unpaired) electrons. The zero-order valence-electron chi connectivity index (χ0n) is 14.6. The van der Waals surface area contributed by atoms with Gasteiger partial charge in [0.15, 0.2) is 0 Å². The fourth-order valence-electron chi connectivity index (χ4n) is 3.24. The molecule has 134 valence electrons. The third-order valence-corrected chi connectivity index (χ3v) is 5.68. The van der Waals surface area contributed by atoms with Crippen molar-refractivity contribution >= 4 is 17.2 Å². The molecule has 0 saturated heterocycles. The first-order valence-electron chi connectivity index (χ1n) is 8.66. The van der Waals surface area contributed by atoms with Crippen LogP contribution in [0.4, 0.5) is 0 Å². The van der Waals surface area contributed by atoms with Gasteiger partial charge in [0.1, 0.15) is 6.04 Å². The Morgan fingerprint density at radius 2 is 2.23 bits per heavy atom. The molecule has 1 atom stereocenters. The van der Waals surface area contributed by atoms with Gasteiger partial charge in [0.25, 0.3) is 0 Å². The SMILES string of the molecule is Cc1ccsc1CN1Cc2ccnn2[C@H](C(=O)NCc2ccccn2)C1. The second-order valence-electron chi connectivity index (χ2n) is 6.52. The molecule has 1 aliphatic rings. The van der Waals surface area contributed by atoms with E-state index < -0.39 is 0 Å². The molecule has 0 unspecified atom stereocenters. The minimum Gasteiger partial charge on any atom is -0.349 e. The first kappa shape index (κ1) is 16.9. The van der Waals surface area contributed by atoms with Gasteiger partial charge >= 0.3 is 0 Å². The fraction of sp³-hybridized carbons (Fsp3) is 0.316. The Hall–Kier alpha value is -2.51. The summed E-state index contributed by atoms with van der Waals surface area (Å²) < 4.78 is 1.85. The lowest BCUT2D eigenvalue weighted by molar-refractivity contribution is -0.126. The van der Waals surface area contributed by atoms with Gasteiger partial charge in [-0.25, -0.2) is 0 Å². The summed E-state index contributed by atoms with van der Waals surface area (Å²) in [6.45, 7) is 4.88. The van der Waals surface area contributed by atoms with Crippen molar-refractivity contribution in [3.63, 3.8) is 0 Å². The molecule has 1 aliphatic heterocycles. The zero-order valence-corrected chi connectivity index (χ0v) is 15.4. The molecule has 26 heavy (non-hydrogen) atoms. The van der Waals surface area contributed by atoms with E-state index in [2.05, 4.69) is 38.7 Å². The first-order chi connectivity index (χ1) is 12.7. The molecule has 3 aromatic heterocycles. The predicted molar refractivity (Wildman–Crippen MR) is 101 cm³/mol. The van der Waals surface area contributed by atoms with Crippen molar-refractivity contribution in [2.75, 3.05) is 6.54 Å². The number of rotatable bonds is 5. The third kappa shape index (κ3) is 3.54. The summed E-state index contributed by atoms with van der Waals surface area (Å²) >= 11 is 1.77. The Morgan fingerprint density at radius 3 is 3.00 bits per heavy atom. The van der Waals surface area contributed by atoms with Crippen LogP contribution < -0.4 is 5.32 Å². The quantitative estimate of drug-likeness (QED) is 0.753. The molecule has 0 aromatic carbocycles. The van der Waals surface area contributed by atoms with Gasteiger partial charge in [0.2, 0.25) is 5.91 Å². The monoisotopic (exact) mass is 367 g/mol. The Balaban J connectivity index is 1.47. The third-order valence-electron chi connectivity index (χ3n) is 4.67. The van der Waals surface area contributed by atoms with E-state index in [-0.39, 0.29) is 11.9 Å². The number of fused-ring (bicyclic) bond motifs is 1. The summed E-state index contributed by atoms with van der Waals surface area (Å²) in [5.41, 5.74) is 3.23. The van der Waals surface area contributed by atoms with Crippen LogP contribution in [0.15, 0.2) is 48.1 Å². The lowest BCUT2D eigenvalue weighted by atomic mass is 10.1. The minimum atomic E-state index is -0.322. The van der Waals surface area contributed by atoms with Gasteiger partial charge in [-0.15, -0.1) is 11.3 Å². The standard InChI is InChI=1S/C19H21N5OS/c1-14-6-9-26-18(14)13-23-11-16-5-8-22-24(16)17(12-23)19(25)21-10-15-4-2-3-7-20-15/h2-9,17H,10-13H2,1H3,(H,21,25)/t17-/m0/s1. The predicted octanol–water partition coefficient (Wildman–Crippen LogP) is 2.52. The maximum Gasteiger partial charge on any atom is 0.246 e. The van der Waals surface area contributed by atoms with E-state index >= 15 is 0 Å². The van der Waals surface area contributed by atoms with Crippen molar-refractivity contribution in [2.24, 2.45) is 0 Å². The molecule has 0 fully saturated rings. The maximum absolute atomic E-state index is 12.8. The van der Waals surface area contributed by atoms with Gasteiger partial charge in [-0.1, -0.05) is 6.07 Å². The summed E-state index contributed by atoms with van der Waals surface area (Å²) in [7, 11) is 0. The van der Waals surface area contributed by atoms with Crippen LogP contribution in [0.3, 0.4) is 0 Å². The molecule has 1 amide bonds. The van der Waals surface area contributed by atoms with Gasteiger partial charge < -0.3 is 5.32 Å². The number of nitrogens with one attached hydrogen (secondary N) is 1. The summed E-state index contributed by atoms with van der Waals surface area (Å²) in [4.78, 5) is 20.8. The van der Waals surface area contributed by atoms with Crippen LogP contribution in [-0.4, -0.2) is 32.1 Å². The lowest BCUT2D eigenvalue weighted by Gasteiger charge is -2.33. The molecule has 0 spiro atoms. The number of hydrogen-bond acceptors (Lipinski definition) is 5. The number of aryl methyl sites for hydroxylation is 1. The Bertz CT molecular complexity index is 888. The van der Waals surface area contributed by atoms with Crippen LogP contribution in [-0.2, 0) is 24.4 Å². The molecule has 0 aliphatic carbocycles. The van der Waals surface area contributed by atoms with Crippen LogP contribution >= 0.6 is 11.3 Å². The van der Waals surface area contributed by atoms with E-state index in [1.54, 1.807) is 23.7 Å². The highest BCUT2D eigenvalue weighted by Crippen LogP contribution is 2.25. The molecular weight excluding hydrogens is 346 g/mol. The fourth-order valence-corrected chi connectivity index (χ4v) is 4.19. The number of thiophene rings is 1. The van der Waals surface area contributed by atoms with Crippen molar-refractivity contribution in [2.45, 2.75) is 32.6 Å². The summed E-state index contributed by atoms with van der Waals surface area (Å²) in [6, 6.07) is 9.51. The zero-order chi connectivity index (χ0) is 17.9. The highest BCUT2D eigenvalue weighted by Gasteiger charge is 2.31. The molecule has 0 saturated carbocycles. The topological polar surface area (TPSA) is 63.1 Å². The van der Waals surface area contributed by atoms with Crippen molar-refractivity contribution < 1.29 is 4.79 Å². The Kier molecular flexibility index (Phi) is 4.81. The maximum atomic E-state index is 12.8. The van der Waals surface area contributed by atoms with E-state index in [4.69, 9.17) is 0 Å². The summed E-state index contributed by atoms with van der Waals surface area (Å²) in [5, 5.41) is 9.50.